The average molecular weight is 342 g/mol. The Bertz CT molecular complexity index is 713. The molecule has 0 saturated carbocycles. The number of hydrogen-bond donors (Lipinski definition) is 2. The quantitative estimate of drug-likeness (QED) is 0.794. The van der Waals surface area contributed by atoms with Crippen molar-refractivity contribution in [3.05, 3.63) is 29.3 Å². The van der Waals surface area contributed by atoms with Gasteiger partial charge in [0.15, 0.2) is 5.01 Å². The van der Waals surface area contributed by atoms with E-state index < -0.39 is 10.0 Å². The van der Waals surface area contributed by atoms with Crippen LogP contribution in [-0.4, -0.2) is 24.7 Å². The maximum atomic E-state index is 12.1. The van der Waals surface area contributed by atoms with Gasteiger partial charge in [-0.25, -0.2) is 13.1 Å². The molecule has 9 heteroatoms. The molecule has 0 spiro atoms. The summed E-state index contributed by atoms with van der Waals surface area (Å²) >= 11 is 1.25. The summed E-state index contributed by atoms with van der Waals surface area (Å²) in [4.78, 5) is 0.209. The summed E-state index contributed by atoms with van der Waals surface area (Å²) in [5.74, 6) is 0.552. The zero-order valence-corrected chi connectivity index (χ0v) is 13.9. The number of nitrogens with zero attached hydrogens (tertiary/aromatic N) is 2. The SMILES string of the molecule is CC[C@H](C)NS(=O)(=O)c1ccc(OCc2nnc(N)s2)cc1. The van der Waals surface area contributed by atoms with E-state index in [9.17, 15) is 8.42 Å². The molecule has 2 aromatic rings. The van der Waals surface area contributed by atoms with Gasteiger partial charge in [0.05, 0.1) is 4.90 Å². The molecule has 22 heavy (non-hydrogen) atoms. The van der Waals surface area contributed by atoms with E-state index in [-0.39, 0.29) is 17.5 Å². The zero-order chi connectivity index (χ0) is 16.2. The molecule has 1 heterocycles. The molecule has 0 amide bonds. The Morgan fingerprint density at radius 2 is 2.00 bits per heavy atom. The van der Waals surface area contributed by atoms with Crippen molar-refractivity contribution < 1.29 is 13.2 Å². The summed E-state index contributed by atoms with van der Waals surface area (Å²) < 4.78 is 32.3. The number of nitrogens with two attached hydrogens (primary N) is 1. The second-order valence-electron chi connectivity index (χ2n) is 4.72. The zero-order valence-electron chi connectivity index (χ0n) is 12.3. The van der Waals surface area contributed by atoms with Crippen molar-refractivity contribution >= 4 is 26.5 Å². The monoisotopic (exact) mass is 342 g/mol. The Morgan fingerprint density at radius 3 is 2.55 bits per heavy atom. The molecule has 0 saturated heterocycles. The van der Waals surface area contributed by atoms with Crippen LogP contribution in [0, 0.1) is 0 Å². The highest BCUT2D eigenvalue weighted by Gasteiger charge is 2.16. The van der Waals surface area contributed by atoms with Crippen molar-refractivity contribution in [1.29, 1.82) is 0 Å². The van der Waals surface area contributed by atoms with Gasteiger partial charge in [-0.1, -0.05) is 18.3 Å². The fourth-order valence-corrected chi connectivity index (χ4v) is 3.45. The third kappa shape index (κ3) is 4.39. The number of rotatable bonds is 7. The second kappa shape index (κ2) is 7.03. The highest BCUT2D eigenvalue weighted by molar-refractivity contribution is 7.89. The van der Waals surface area contributed by atoms with Crippen molar-refractivity contribution in [2.45, 2.75) is 37.8 Å². The van der Waals surface area contributed by atoms with Crippen LogP contribution in [0.2, 0.25) is 0 Å². The van der Waals surface area contributed by atoms with Crippen LogP contribution < -0.4 is 15.2 Å². The van der Waals surface area contributed by atoms with Gasteiger partial charge >= 0.3 is 0 Å². The van der Waals surface area contributed by atoms with Crippen LogP contribution in [0.4, 0.5) is 5.13 Å². The first kappa shape index (κ1) is 16.7. The molecule has 120 valence electrons. The fraction of sp³-hybridized carbons (Fsp3) is 0.385. The van der Waals surface area contributed by atoms with Crippen molar-refractivity contribution in [3.8, 4) is 5.75 Å². The lowest BCUT2D eigenvalue weighted by Crippen LogP contribution is -2.31. The number of ether oxygens (including phenoxy) is 1. The molecule has 0 radical (unpaired) electrons. The molecule has 1 atom stereocenters. The molecule has 0 fully saturated rings. The molecule has 3 N–H and O–H groups in total. The van der Waals surface area contributed by atoms with Crippen molar-refractivity contribution in [3.63, 3.8) is 0 Å². The normalized spacial score (nSPS) is 13.0. The van der Waals surface area contributed by atoms with Gasteiger partial charge in [-0.2, -0.15) is 0 Å². The number of sulfonamides is 1. The molecule has 1 aromatic carbocycles. The maximum absolute atomic E-state index is 12.1. The molecule has 0 unspecified atom stereocenters. The summed E-state index contributed by atoms with van der Waals surface area (Å²) in [5.41, 5.74) is 5.48. The number of aromatic nitrogens is 2. The average Bonchev–Trinajstić information content (AvgIpc) is 2.90. The van der Waals surface area contributed by atoms with Crippen LogP contribution in [0.5, 0.6) is 5.75 Å². The number of nitrogen functional groups attached to an aromatic ring is 1. The first-order chi connectivity index (χ1) is 10.4. The van der Waals surface area contributed by atoms with E-state index in [4.69, 9.17) is 10.5 Å². The smallest absolute Gasteiger partial charge is 0.240 e. The topological polar surface area (TPSA) is 107 Å². The molecular formula is C13H18N4O3S2. The molecule has 0 aliphatic rings. The first-order valence-corrected chi connectivity index (χ1v) is 9.03. The van der Waals surface area contributed by atoms with Gasteiger partial charge in [0.25, 0.3) is 0 Å². The largest absolute Gasteiger partial charge is 0.486 e. The maximum Gasteiger partial charge on any atom is 0.240 e. The summed E-state index contributed by atoms with van der Waals surface area (Å²) in [6.07, 6.45) is 0.728. The lowest BCUT2D eigenvalue weighted by Gasteiger charge is -2.12. The fourth-order valence-electron chi connectivity index (χ4n) is 1.60. The van der Waals surface area contributed by atoms with E-state index in [1.807, 2.05) is 13.8 Å². The Hall–Kier alpha value is -1.71. The predicted molar refractivity (Wildman–Crippen MR) is 85.2 cm³/mol. The van der Waals surface area contributed by atoms with Gasteiger partial charge < -0.3 is 10.5 Å². The van der Waals surface area contributed by atoms with Gasteiger partial charge in [-0.15, -0.1) is 10.2 Å². The lowest BCUT2D eigenvalue weighted by molar-refractivity contribution is 0.304. The third-order valence-electron chi connectivity index (χ3n) is 2.95. The van der Waals surface area contributed by atoms with Crippen molar-refractivity contribution in [2.75, 3.05) is 5.73 Å². The third-order valence-corrected chi connectivity index (χ3v) is 5.28. The van der Waals surface area contributed by atoms with Crippen LogP contribution in [-0.2, 0) is 16.6 Å². The van der Waals surface area contributed by atoms with Crippen molar-refractivity contribution in [2.24, 2.45) is 0 Å². The number of hydrogen-bond acceptors (Lipinski definition) is 7. The van der Waals surface area contributed by atoms with Gasteiger partial charge in [-0.3, -0.25) is 0 Å². The summed E-state index contributed by atoms with van der Waals surface area (Å²) in [6, 6.07) is 6.12. The Kier molecular flexibility index (Phi) is 5.33. The van der Waals surface area contributed by atoms with E-state index in [2.05, 4.69) is 14.9 Å². The Morgan fingerprint density at radius 1 is 1.32 bits per heavy atom. The molecular weight excluding hydrogens is 324 g/mol. The van der Waals surface area contributed by atoms with Gasteiger partial charge in [0, 0.05) is 6.04 Å². The first-order valence-electron chi connectivity index (χ1n) is 6.73. The summed E-state index contributed by atoms with van der Waals surface area (Å²) in [5, 5.41) is 8.58. The van der Waals surface area contributed by atoms with E-state index in [1.54, 1.807) is 12.1 Å². The minimum Gasteiger partial charge on any atom is -0.486 e. The highest BCUT2D eigenvalue weighted by Crippen LogP contribution is 2.19. The van der Waals surface area contributed by atoms with Crippen LogP contribution >= 0.6 is 11.3 Å². The molecule has 1 aromatic heterocycles. The lowest BCUT2D eigenvalue weighted by atomic mass is 10.3. The van der Waals surface area contributed by atoms with E-state index in [0.29, 0.717) is 15.9 Å². The van der Waals surface area contributed by atoms with E-state index >= 15 is 0 Å². The van der Waals surface area contributed by atoms with Crippen LogP contribution in [0.25, 0.3) is 0 Å². The minimum absolute atomic E-state index is 0.108. The van der Waals surface area contributed by atoms with E-state index in [1.165, 1.54) is 23.5 Å². The number of benzene rings is 1. The second-order valence-corrected chi connectivity index (χ2v) is 7.53. The molecule has 7 nitrogen and oxygen atoms in total. The summed E-state index contributed by atoms with van der Waals surface area (Å²) in [6.45, 7) is 3.99. The minimum atomic E-state index is -3.49. The van der Waals surface area contributed by atoms with Gasteiger partial charge in [-0.05, 0) is 37.6 Å². The van der Waals surface area contributed by atoms with Crippen molar-refractivity contribution in [1.82, 2.24) is 14.9 Å². The number of nitrogens with one attached hydrogen (secondary N) is 1. The van der Waals surface area contributed by atoms with Crippen LogP contribution in [0.15, 0.2) is 29.2 Å². The van der Waals surface area contributed by atoms with Gasteiger partial charge in [0.1, 0.15) is 12.4 Å². The summed E-state index contributed by atoms with van der Waals surface area (Å²) in [7, 11) is -3.49. The Labute approximate surface area is 133 Å². The molecule has 2 rings (SSSR count). The molecule has 0 bridgehead atoms. The highest BCUT2D eigenvalue weighted by atomic mass is 32.2. The molecule has 0 aliphatic carbocycles. The Balaban J connectivity index is 2.00. The van der Waals surface area contributed by atoms with Gasteiger partial charge in [0.2, 0.25) is 15.2 Å². The van der Waals surface area contributed by atoms with Crippen LogP contribution in [0.1, 0.15) is 25.3 Å². The van der Waals surface area contributed by atoms with Crippen LogP contribution in [0.3, 0.4) is 0 Å². The van der Waals surface area contributed by atoms with E-state index in [0.717, 1.165) is 6.42 Å². The standard InChI is InChI=1S/C13H18N4O3S2/c1-3-9(2)17-22(18,19)11-6-4-10(5-7-11)20-8-12-15-16-13(14)21-12/h4-7,9,17H,3,8H2,1-2H3,(H2,14,16)/t9-/m0/s1. The molecule has 0 aliphatic heterocycles. The predicted octanol–water partition coefficient (Wildman–Crippen LogP) is 1.78. The number of anilines is 1.